The third-order valence-electron chi connectivity index (χ3n) is 5.12. The molecule has 2 aromatic heterocycles. The summed E-state index contributed by atoms with van der Waals surface area (Å²) in [6, 6.07) is 13.5. The molecule has 0 bridgehead atoms. The standard InChI is InChI=1S/C24H14O8/c25-13-4-1-11(2-5-13)19-10-18(29)23-17(28)8-16(27)22(24(23)32-19)14-7-12-3-6-21(30)31-20(12)9-15(14)26/h1-10,25-28H. The van der Waals surface area contributed by atoms with E-state index < -0.39 is 22.6 Å². The average Bonchev–Trinajstić information content (AvgIpc) is 2.74. The molecule has 0 aliphatic heterocycles. The van der Waals surface area contributed by atoms with Gasteiger partial charge >= 0.3 is 5.63 Å². The normalized spacial score (nSPS) is 11.2. The molecule has 4 N–H and O–H groups in total. The van der Waals surface area contributed by atoms with Crippen LogP contribution in [0.3, 0.4) is 0 Å². The monoisotopic (exact) mass is 430 g/mol. The molecule has 0 fully saturated rings. The Morgan fingerprint density at radius 1 is 0.688 bits per heavy atom. The smallest absolute Gasteiger partial charge is 0.336 e. The van der Waals surface area contributed by atoms with E-state index in [1.807, 2.05) is 0 Å². The van der Waals surface area contributed by atoms with E-state index in [4.69, 9.17) is 8.83 Å². The number of hydrogen-bond acceptors (Lipinski definition) is 8. The summed E-state index contributed by atoms with van der Waals surface area (Å²) >= 11 is 0. The Kier molecular flexibility index (Phi) is 4.16. The highest BCUT2D eigenvalue weighted by Crippen LogP contribution is 2.45. The van der Waals surface area contributed by atoms with E-state index in [1.54, 1.807) is 0 Å². The molecule has 0 aliphatic rings. The summed E-state index contributed by atoms with van der Waals surface area (Å²) in [5.74, 6) is -1.11. The fourth-order valence-electron chi connectivity index (χ4n) is 3.64. The molecule has 0 spiro atoms. The van der Waals surface area contributed by atoms with Gasteiger partial charge in [0.25, 0.3) is 0 Å². The summed E-state index contributed by atoms with van der Waals surface area (Å²) in [6.07, 6.45) is 0. The maximum atomic E-state index is 12.8. The number of hydrogen-bond donors (Lipinski definition) is 4. The predicted molar refractivity (Wildman–Crippen MR) is 116 cm³/mol. The first-order chi connectivity index (χ1) is 15.3. The molecular formula is C24H14O8. The van der Waals surface area contributed by atoms with Crippen molar-refractivity contribution in [2.45, 2.75) is 0 Å². The van der Waals surface area contributed by atoms with Crippen LogP contribution in [0.1, 0.15) is 0 Å². The summed E-state index contributed by atoms with van der Waals surface area (Å²) in [4.78, 5) is 24.3. The molecule has 8 heteroatoms. The summed E-state index contributed by atoms with van der Waals surface area (Å²) in [7, 11) is 0. The lowest BCUT2D eigenvalue weighted by atomic mass is 9.98. The van der Waals surface area contributed by atoms with Gasteiger partial charge in [-0.25, -0.2) is 4.79 Å². The summed E-state index contributed by atoms with van der Waals surface area (Å²) in [5.41, 5.74) is -0.634. The summed E-state index contributed by atoms with van der Waals surface area (Å²) < 4.78 is 11.0. The SMILES string of the molecule is O=c1ccc2cc(-c3c(O)cc(O)c4c(=O)cc(-c5ccc(O)cc5)oc34)c(O)cc2o1. The van der Waals surface area contributed by atoms with Crippen LogP contribution in [0.4, 0.5) is 0 Å². The van der Waals surface area contributed by atoms with E-state index in [9.17, 15) is 30.0 Å². The van der Waals surface area contributed by atoms with Crippen molar-refractivity contribution in [1.29, 1.82) is 0 Å². The molecule has 8 nitrogen and oxygen atoms in total. The van der Waals surface area contributed by atoms with E-state index in [-0.39, 0.29) is 44.9 Å². The highest BCUT2D eigenvalue weighted by molar-refractivity contribution is 6.02. The minimum absolute atomic E-state index is 0.0267. The van der Waals surface area contributed by atoms with Gasteiger partial charge in [0.1, 0.15) is 39.7 Å². The van der Waals surface area contributed by atoms with E-state index in [0.29, 0.717) is 10.9 Å². The molecule has 5 aromatic rings. The Labute approximate surface area is 178 Å². The van der Waals surface area contributed by atoms with Gasteiger partial charge in [-0.05, 0) is 36.4 Å². The first kappa shape index (κ1) is 19.3. The van der Waals surface area contributed by atoms with E-state index >= 15 is 0 Å². The van der Waals surface area contributed by atoms with Gasteiger partial charge in [0, 0.05) is 40.8 Å². The van der Waals surface area contributed by atoms with Crippen LogP contribution in [0.5, 0.6) is 23.0 Å². The molecule has 0 saturated heterocycles. The Morgan fingerprint density at radius 2 is 1.44 bits per heavy atom. The zero-order valence-corrected chi connectivity index (χ0v) is 16.2. The fraction of sp³-hybridized carbons (Fsp3) is 0. The lowest BCUT2D eigenvalue weighted by Crippen LogP contribution is -2.02. The highest BCUT2D eigenvalue weighted by Gasteiger charge is 2.22. The van der Waals surface area contributed by atoms with E-state index in [0.717, 1.165) is 6.07 Å². The van der Waals surface area contributed by atoms with Crippen LogP contribution in [-0.2, 0) is 0 Å². The van der Waals surface area contributed by atoms with Gasteiger partial charge in [-0.2, -0.15) is 0 Å². The van der Waals surface area contributed by atoms with Gasteiger partial charge in [-0.3, -0.25) is 4.79 Å². The predicted octanol–water partition coefficient (Wildman–Crippen LogP) is 4.06. The highest BCUT2D eigenvalue weighted by atomic mass is 16.4. The van der Waals surface area contributed by atoms with Crippen LogP contribution < -0.4 is 11.1 Å². The van der Waals surface area contributed by atoms with Gasteiger partial charge in [0.05, 0.1) is 5.56 Å². The van der Waals surface area contributed by atoms with E-state index in [1.165, 1.54) is 54.6 Å². The lowest BCUT2D eigenvalue weighted by molar-refractivity contribution is 0.451. The Hall–Kier alpha value is -4.72. The molecule has 0 amide bonds. The number of aromatic hydroxyl groups is 4. The first-order valence-electron chi connectivity index (χ1n) is 9.41. The maximum Gasteiger partial charge on any atom is 0.336 e. The number of phenolic OH excluding ortho intramolecular Hbond substituents is 4. The van der Waals surface area contributed by atoms with Crippen LogP contribution >= 0.6 is 0 Å². The van der Waals surface area contributed by atoms with E-state index in [2.05, 4.69) is 0 Å². The first-order valence-corrected chi connectivity index (χ1v) is 9.41. The van der Waals surface area contributed by atoms with Crippen LogP contribution in [0.2, 0.25) is 0 Å². The minimum atomic E-state index is -0.591. The molecule has 0 radical (unpaired) electrons. The van der Waals surface area contributed by atoms with Crippen molar-refractivity contribution >= 4 is 21.9 Å². The number of phenols is 4. The minimum Gasteiger partial charge on any atom is -0.508 e. The molecule has 0 unspecified atom stereocenters. The number of benzene rings is 3. The zero-order valence-electron chi connectivity index (χ0n) is 16.2. The second-order valence-corrected chi connectivity index (χ2v) is 7.18. The molecule has 158 valence electrons. The van der Waals surface area contributed by atoms with Crippen molar-refractivity contribution in [2.75, 3.05) is 0 Å². The van der Waals surface area contributed by atoms with Crippen LogP contribution in [-0.4, -0.2) is 20.4 Å². The van der Waals surface area contributed by atoms with Gasteiger partial charge in [0.15, 0.2) is 11.0 Å². The topological polar surface area (TPSA) is 141 Å². The van der Waals surface area contributed by atoms with Gasteiger partial charge in [-0.15, -0.1) is 0 Å². The van der Waals surface area contributed by atoms with Crippen molar-refractivity contribution in [3.05, 3.63) is 81.3 Å². The second-order valence-electron chi connectivity index (χ2n) is 7.18. The Bertz CT molecular complexity index is 1640. The molecule has 0 atom stereocenters. The third kappa shape index (κ3) is 3.02. The molecule has 3 aromatic carbocycles. The summed E-state index contributed by atoms with van der Waals surface area (Å²) in [6.45, 7) is 0. The second kappa shape index (κ2) is 6.92. The zero-order chi connectivity index (χ0) is 22.6. The van der Waals surface area contributed by atoms with Crippen LogP contribution in [0, 0.1) is 0 Å². The Morgan fingerprint density at radius 3 is 2.19 bits per heavy atom. The van der Waals surface area contributed by atoms with Crippen molar-refractivity contribution in [3.8, 4) is 45.4 Å². The van der Waals surface area contributed by atoms with Crippen molar-refractivity contribution in [3.63, 3.8) is 0 Å². The molecule has 5 rings (SSSR count). The quantitative estimate of drug-likeness (QED) is 0.307. The largest absolute Gasteiger partial charge is 0.508 e. The maximum absolute atomic E-state index is 12.8. The number of rotatable bonds is 2. The van der Waals surface area contributed by atoms with Crippen LogP contribution in [0.15, 0.2) is 79.1 Å². The Balaban J connectivity index is 1.87. The third-order valence-corrected chi connectivity index (χ3v) is 5.12. The van der Waals surface area contributed by atoms with Gasteiger partial charge < -0.3 is 29.3 Å². The number of fused-ring (bicyclic) bond motifs is 2. The molecule has 0 saturated carbocycles. The lowest BCUT2D eigenvalue weighted by Gasteiger charge is -2.13. The van der Waals surface area contributed by atoms with Gasteiger partial charge in [0.2, 0.25) is 0 Å². The molecular weight excluding hydrogens is 416 g/mol. The average molecular weight is 430 g/mol. The molecule has 2 heterocycles. The van der Waals surface area contributed by atoms with Crippen molar-refractivity contribution in [1.82, 2.24) is 0 Å². The molecule has 32 heavy (non-hydrogen) atoms. The van der Waals surface area contributed by atoms with Crippen molar-refractivity contribution in [2.24, 2.45) is 0 Å². The summed E-state index contributed by atoms with van der Waals surface area (Å²) in [5, 5.41) is 41.3. The fourth-order valence-corrected chi connectivity index (χ4v) is 3.64. The molecule has 0 aliphatic carbocycles. The van der Waals surface area contributed by atoms with Gasteiger partial charge in [-0.1, -0.05) is 0 Å². The van der Waals surface area contributed by atoms with Crippen LogP contribution in [0.25, 0.3) is 44.4 Å². The van der Waals surface area contributed by atoms with Crippen molar-refractivity contribution < 1.29 is 29.3 Å².